The van der Waals surface area contributed by atoms with Crippen LogP contribution in [0.3, 0.4) is 0 Å². The van der Waals surface area contributed by atoms with Crippen LogP contribution >= 0.6 is 11.6 Å². The Bertz CT molecular complexity index is 2070. The van der Waals surface area contributed by atoms with Crippen molar-refractivity contribution in [3.05, 3.63) is 160 Å². The zero-order valence-electron chi connectivity index (χ0n) is 30.0. The molecule has 2 aliphatic heterocycles. The predicted molar refractivity (Wildman–Crippen MR) is 212 cm³/mol. The van der Waals surface area contributed by atoms with E-state index in [-0.39, 0.29) is 17.7 Å². The molecule has 0 spiro atoms. The van der Waals surface area contributed by atoms with E-state index in [2.05, 4.69) is 33.0 Å². The molecule has 0 bridgehead atoms. The molecule has 5 aromatic rings. The molecule has 0 aromatic heterocycles. The molecule has 0 aliphatic carbocycles. The maximum Gasteiger partial charge on any atom is 0.253 e. The summed E-state index contributed by atoms with van der Waals surface area (Å²) in [5.41, 5.74) is 5.71. The van der Waals surface area contributed by atoms with Crippen LogP contribution in [-0.4, -0.2) is 67.4 Å². The molecule has 10 heteroatoms. The third-order valence-corrected chi connectivity index (χ3v) is 10.3. The van der Waals surface area contributed by atoms with Gasteiger partial charge in [0.05, 0.1) is 11.6 Å². The fraction of sp³-hybridized carbons (Fsp3) is 0.250. The van der Waals surface area contributed by atoms with E-state index < -0.39 is 12.1 Å². The van der Waals surface area contributed by atoms with Gasteiger partial charge in [-0.1, -0.05) is 90.5 Å². The summed E-state index contributed by atoms with van der Waals surface area (Å²) in [4.78, 5) is 45.2. The van der Waals surface area contributed by atoms with E-state index in [9.17, 15) is 14.4 Å². The Morgan fingerprint density at radius 2 is 1.46 bits per heavy atom. The van der Waals surface area contributed by atoms with E-state index in [1.165, 1.54) is 5.56 Å². The highest BCUT2D eigenvalue weighted by molar-refractivity contribution is 6.30. The summed E-state index contributed by atoms with van der Waals surface area (Å²) in [5, 5.41) is 10.1. The first kappa shape index (κ1) is 36.7. The van der Waals surface area contributed by atoms with Crippen LogP contribution in [0.25, 0.3) is 0 Å². The van der Waals surface area contributed by atoms with Crippen molar-refractivity contribution < 1.29 is 19.1 Å². The van der Waals surface area contributed by atoms with E-state index >= 15 is 0 Å². The summed E-state index contributed by atoms with van der Waals surface area (Å²) in [6, 6.07) is 39.4. The summed E-state index contributed by atoms with van der Waals surface area (Å²) >= 11 is 6.15. The number of rotatable bonds is 12. The summed E-state index contributed by atoms with van der Waals surface area (Å²) in [5.74, 6) is 1.06. The Kier molecular flexibility index (Phi) is 11.9. The first-order valence-electron chi connectivity index (χ1n) is 18.5. The van der Waals surface area contributed by atoms with Gasteiger partial charge in [0.15, 0.2) is 0 Å². The minimum Gasteiger partial charge on any atom is -0.457 e. The second-order valence-electron chi connectivity index (χ2n) is 13.7. The highest BCUT2D eigenvalue weighted by Gasteiger charge is 2.32. The monoisotopic (exact) mass is 741 g/mol. The van der Waals surface area contributed by atoms with Gasteiger partial charge in [-0.15, -0.1) is 0 Å². The first-order valence-corrected chi connectivity index (χ1v) is 18.9. The van der Waals surface area contributed by atoms with Gasteiger partial charge in [0.25, 0.3) is 5.91 Å². The van der Waals surface area contributed by atoms with Gasteiger partial charge in [0.2, 0.25) is 11.8 Å². The molecule has 7 rings (SSSR count). The van der Waals surface area contributed by atoms with Crippen LogP contribution in [0.1, 0.15) is 32.6 Å². The number of hydrogen-bond acceptors (Lipinski definition) is 6. The lowest BCUT2D eigenvalue weighted by molar-refractivity contribution is -0.137. The van der Waals surface area contributed by atoms with Gasteiger partial charge in [-0.3, -0.25) is 14.4 Å². The molecule has 0 unspecified atom stereocenters. The van der Waals surface area contributed by atoms with E-state index in [0.29, 0.717) is 69.1 Å². The molecule has 3 N–H and O–H groups in total. The number of para-hydroxylation sites is 2. The van der Waals surface area contributed by atoms with Crippen molar-refractivity contribution in [2.45, 2.75) is 37.9 Å². The van der Waals surface area contributed by atoms with E-state index in [1.807, 2.05) is 108 Å². The van der Waals surface area contributed by atoms with Gasteiger partial charge < -0.3 is 30.5 Å². The second-order valence-corrected chi connectivity index (χ2v) is 14.1. The summed E-state index contributed by atoms with van der Waals surface area (Å²) in [7, 11) is 0. The van der Waals surface area contributed by atoms with Crippen LogP contribution in [0.15, 0.2) is 127 Å². The average Bonchev–Trinajstić information content (AvgIpc) is 3.21. The summed E-state index contributed by atoms with van der Waals surface area (Å²) in [6.45, 7) is 3.08. The molecular weight excluding hydrogens is 698 g/mol. The molecule has 2 heterocycles. The number of benzene rings is 5. The zero-order chi connectivity index (χ0) is 37.3. The molecule has 3 amide bonds. The second kappa shape index (κ2) is 17.5. The van der Waals surface area contributed by atoms with Gasteiger partial charge in [-0.25, -0.2) is 0 Å². The SMILES string of the molecule is O=C(NCCc1cccc(Oc2ccccc2)c1)c1ccccc1N1CCN(C(=O)[C@@H](Cc2ccc(Cl)cc2)NC(=O)[C@@H]2Cc3ccccc3CN2)CC1. The number of amides is 3. The maximum atomic E-state index is 14.1. The van der Waals surface area contributed by atoms with E-state index in [0.717, 1.165) is 33.9 Å². The van der Waals surface area contributed by atoms with Crippen molar-refractivity contribution in [1.29, 1.82) is 0 Å². The van der Waals surface area contributed by atoms with Crippen molar-refractivity contribution in [3.8, 4) is 11.5 Å². The molecule has 1 fully saturated rings. The van der Waals surface area contributed by atoms with Gasteiger partial charge in [-0.2, -0.15) is 0 Å². The van der Waals surface area contributed by atoms with Crippen LogP contribution in [0.4, 0.5) is 5.69 Å². The normalized spacial score (nSPS) is 15.8. The molecule has 1 saturated heterocycles. The highest BCUT2D eigenvalue weighted by atomic mass is 35.5. The Balaban J connectivity index is 0.959. The van der Waals surface area contributed by atoms with Gasteiger partial charge in [-0.05, 0) is 83.6 Å². The molecule has 2 atom stereocenters. The molecule has 9 nitrogen and oxygen atoms in total. The van der Waals surface area contributed by atoms with Crippen molar-refractivity contribution in [1.82, 2.24) is 20.9 Å². The molecule has 54 heavy (non-hydrogen) atoms. The van der Waals surface area contributed by atoms with Crippen LogP contribution in [-0.2, 0) is 35.4 Å². The number of nitrogens with one attached hydrogen (secondary N) is 3. The van der Waals surface area contributed by atoms with Crippen molar-refractivity contribution in [2.24, 2.45) is 0 Å². The minimum atomic E-state index is -0.743. The van der Waals surface area contributed by atoms with Crippen LogP contribution < -0.4 is 25.6 Å². The number of nitrogens with zero attached hydrogens (tertiary/aromatic N) is 2. The molecule has 2 aliphatic rings. The molecule has 5 aromatic carbocycles. The van der Waals surface area contributed by atoms with E-state index in [4.69, 9.17) is 16.3 Å². The topological polar surface area (TPSA) is 103 Å². The molecular formula is C44H44ClN5O4. The van der Waals surface area contributed by atoms with Crippen molar-refractivity contribution in [2.75, 3.05) is 37.6 Å². The molecule has 0 radical (unpaired) electrons. The Morgan fingerprint density at radius 3 is 2.26 bits per heavy atom. The number of ether oxygens (including phenoxy) is 1. The first-order chi connectivity index (χ1) is 26.4. The summed E-state index contributed by atoms with van der Waals surface area (Å²) < 4.78 is 5.97. The number of piperazine rings is 1. The zero-order valence-corrected chi connectivity index (χ0v) is 30.8. The van der Waals surface area contributed by atoms with Crippen LogP contribution in [0.2, 0.25) is 5.02 Å². The number of carbonyl (C=O) groups is 3. The average molecular weight is 742 g/mol. The highest BCUT2D eigenvalue weighted by Crippen LogP contribution is 2.24. The lowest BCUT2D eigenvalue weighted by Gasteiger charge is -2.38. The fourth-order valence-corrected chi connectivity index (χ4v) is 7.23. The number of fused-ring (bicyclic) bond motifs is 1. The van der Waals surface area contributed by atoms with Gasteiger partial charge in [0, 0.05) is 56.4 Å². The van der Waals surface area contributed by atoms with Crippen LogP contribution in [0.5, 0.6) is 11.5 Å². The standard InChI is InChI=1S/C44H44ClN5O4/c45-35-19-17-32(18-20-35)28-40(48-43(52)39-29-33-10-4-5-11-34(33)30-47-39)44(53)50-25-23-49(24-26-50)41-16-7-6-15-38(41)42(51)46-22-21-31-9-8-14-37(27-31)54-36-12-2-1-3-13-36/h1-20,27,39-40,47H,21-26,28-30H2,(H,46,51)(H,48,52)/t39-,40+/m0/s1. The predicted octanol–water partition coefficient (Wildman–Crippen LogP) is 6.20. The number of carbonyl (C=O) groups excluding carboxylic acids is 3. The summed E-state index contributed by atoms with van der Waals surface area (Å²) in [6.07, 6.45) is 1.56. The lowest BCUT2D eigenvalue weighted by Crippen LogP contribution is -2.58. The smallest absolute Gasteiger partial charge is 0.253 e. The maximum absolute atomic E-state index is 14.1. The molecule has 276 valence electrons. The minimum absolute atomic E-state index is 0.126. The van der Waals surface area contributed by atoms with Crippen LogP contribution in [0, 0.1) is 0 Å². The fourth-order valence-electron chi connectivity index (χ4n) is 7.10. The van der Waals surface area contributed by atoms with Gasteiger partial charge in [0.1, 0.15) is 17.5 Å². The van der Waals surface area contributed by atoms with Crippen molar-refractivity contribution in [3.63, 3.8) is 0 Å². The Labute approximate surface area is 321 Å². The number of halogens is 1. The van der Waals surface area contributed by atoms with Gasteiger partial charge >= 0.3 is 0 Å². The Hall–Kier alpha value is -5.64. The van der Waals surface area contributed by atoms with Crippen molar-refractivity contribution >= 4 is 35.0 Å². The lowest BCUT2D eigenvalue weighted by atomic mass is 9.95. The number of hydrogen-bond donors (Lipinski definition) is 3. The third kappa shape index (κ3) is 9.28. The molecule has 0 saturated carbocycles. The third-order valence-electron chi connectivity index (χ3n) is 10.0. The number of anilines is 1. The Morgan fingerprint density at radius 1 is 0.759 bits per heavy atom. The quantitative estimate of drug-likeness (QED) is 0.141. The largest absolute Gasteiger partial charge is 0.457 e. The van der Waals surface area contributed by atoms with E-state index in [1.54, 1.807) is 12.1 Å².